The highest BCUT2D eigenvalue weighted by Gasteiger charge is 2.38. The number of hydrogen-bond acceptors (Lipinski definition) is 3. The lowest BCUT2D eigenvalue weighted by molar-refractivity contribution is -0.204. The molecule has 1 heterocycles. The Morgan fingerprint density at radius 1 is 0.750 bits per heavy atom. The molecule has 0 atom stereocenters. The SMILES string of the molecule is C=CCCC1COC(CCCCc2ccc(C(F)(F)Oc3cc(F)c(C/C=C\Cc4cc(F)c(C(F)(F)F)c(F)c4)c(F)c3)cc2)OC1. The summed E-state index contributed by atoms with van der Waals surface area (Å²) in [6.45, 7) is 5.03. The number of allylic oxidation sites excluding steroid dienone is 3. The molecule has 1 aliphatic heterocycles. The van der Waals surface area contributed by atoms with Crippen LogP contribution in [0.25, 0.3) is 0 Å². The molecule has 1 saturated heterocycles. The number of aryl methyl sites for hydroxylation is 1. The summed E-state index contributed by atoms with van der Waals surface area (Å²) in [5.74, 6) is -6.30. The lowest BCUT2D eigenvalue weighted by Gasteiger charge is -2.29. The third kappa shape index (κ3) is 10.4. The smallest absolute Gasteiger partial charge is 0.426 e. The molecule has 0 aliphatic carbocycles. The predicted molar refractivity (Wildman–Crippen MR) is 161 cm³/mol. The molecule has 0 aromatic heterocycles. The lowest BCUT2D eigenvalue weighted by Crippen LogP contribution is -2.31. The molecule has 48 heavy (non-hydrogen) atoms. The van der Waals surface area contributed by atoms with Crippen molar-refractivity contribution >= 4 is 0 Å². The number of ether oxygens (including phenoxy) is 3. The van der Waals surface area contributed by atoms with Gasteiger partial charge in [-0.15, -0.1) is 6.58 Å². The molecule has 0 saturated carbocycles. The highest BCUT2D eigenvalue weighted by Crippen LogP contribution is 2.35. The minimum Gasteiger partial charge on any atom is -0.429 e. The first-order valence-corrected chi connectivity index (χ1v) is 15.4. The van der Waals surface area contributed by atoms with Crippen LogP contribution in [-0.4, -0.2) is 19.5 Å². The monoisotopic (exact) mass is 686 g/mol. The zero-order chi connectivity index (χ0) is 34.9. The van der Waals surface area contributed by atoms with Crippen LogP contribution in [0.5, 0.6) is 5.75 Å². The van der Waals surface area contributed by atoms with Crippen LogP contribution in [0.2, 0.25) is 0 Å². The van der Waals surface area contributed by atoms with Crippen LogP contribution in [-0.2, 0) is 41.0 Å². The molecule has 0 spiro atoms. The Labute approximate surface area is 273 Å². The fraction of sp³-hybridized carbons (Fsp3) is 0.389. The van der Waals surface area contributed by atoms with Gasteiger partial charge in [-0.05, 0) is 86.8 Å². The average Bonchev–Trinajstić information content (AvgIpc) is 3.01. The summed E-state index contributed by atoms with van der Waals surface area (Å²) >= 11 is 0. The number of alkyl halides is 5. The van der Waals surface area contributed by atoms with E-state index in [-0.39, 0.29) is 24.7 Å². The van der Waals surface area contributed by atoms with Crippen molar-refractivity contribution in [2.24, 2.45) is 5.92 Å². The van der Waals surface area contributed by atoms with Gasteiger partial charge in [-0.1, -0.05) is 30.4 Å². The predicted octanol–water partition coefficient (Wildman–Crippen LogP) is 10.4. The van der Waals surface area contributed by atoms with E-state index in [1.165, 1.54) is 36.4 Å². The second-order valence-electron chi connectivity index (χ2n) is 11.6. The van der Waals surface area contributed by atoms with E-state index in [2.05, 4.69) is 11.3 Å². The first-order chi connectivity index (χ1) is 22.8. The van der Waals surface area contributed by atoms with Gasteiger partial charge >= 0.3 is 12.3 Å². The number of unbranched alkanes of at least 4 members (excludes halogenated alkanes) is 1. The van der Waals surface area contributed by atoms with E-state index in [9.17, 15) is 39.5 Å². The maximum absolute atomic E-state index is 14.9. The maximum atomic E-state index is 14.9. The van der Waals surface area contributed by atoms with Gasteiger partial charge in [0.2, 0.25) is 0 Å². The second kappa shape index (κ2) is 16.6. The molecule has 0 N–H and O–H groups in total. The lowest BCUT2D eigenvalue weighted by atomic mass is 10.0. The molecule has 12 heteroatoms. The zero-order valence-electron chi connectivity index (χ0n) is 25.9. The summed E-state index contributed by atoms with van der Waals surface area (Å²) in [5.41, 5.74) is -2.33. The van der Waals surface area contributed by atoms with Crippen molar-refractivity contribution in [1.29, 1.82) is 0 Å². The number of hydrogen-bond donors (Lipinski definition) is 0. The molecule has 4 rings (SSSR count). The van der Waals surface area contributed by atoms with Gasteiger partial charge in [0.1, 0.15) is 34.6 Å². The molecule has 0 bridgehead atoms. The minimum atomic E-state index is -5.21. The normalized spacial score (nSPS) is 17.2. The summed E-state index contributed by atoms with van der Waals surface area (Å²) in [6, 6.07) is 7.69. The maximum Gasteiger partial charge on any atom is 0.426 e. The molecular weight excluding hydrogens is 651 g/mol. The number of benzene rings is 3. The van der Waals surface area contributed by atoms with Gasteiger partial charge in [-0.2, -0.15) is 22.0 Å². The first kappa shape index (κ1) is 37.1. The van der Waals surface area contributed by atoms with Gasteiger partial charge < -0.3 is 14.2 Å². The van der Waals surface area contributed by atoms with Crippen LogP contribution in [0.4, 0.5) is 39.5 Å². The molecule has 1 aliphatic rings. The van der Waals surface area contributed by atoms with Gasteiger partial charge in [-0.25, -0.2) is 17.6 Å². The molecule has 0 unspecified atom stereocenters. The van der Waals surface area contributed by atoms with E-state index in [4.69, 9.17) is 9.47 Å². The summed E-state index contributed by atoms with van der Waals surface area (Å²) in [6.07, 6.45) is -0.723. The minimum absolute atomic E-state index is 0.137. The quantitative estimate of drug-likeness (QED) is 0.0905. The summed E-state index contributed by atoms with van der Waals surface area (Å²) in [4.78, 5) is 0. The van der Waals surface area contributed by atoms with E-state index in [0.29, 0.717) is 49.8 Å². The molecule has 260 valence electrons. The standard InChI is InChI=1S/C36H35F9O3/c1-2-3-8-25-21-46-33(47-22-25)12-7-5-9-23-13-15-26(16-14-23)36(44,45)48-27-19-29(37)28(30(38)20-27)11-6-4-10-24-17-31(39)34(32(40)18-24)35(41,42)43/h2,4,6,13-20,25,33H,1,3,5,7-12,21-22H2/b6-4-. The third-order valence-corrected chi connectivity index (χ3v) is 7.85. The van der Waals surface area contributed by atoms with Crippen molar-refractivity contribution in [1.82, 2.24) is 0 Å². The summed E-state index contributed by atoms with van der Waals surface area (Å²) in [7, 11) is 0. The molecule has 0 radical (unpaired) electrons. The van der Waals surface area contributed by atoms with Crippen molar-refractivity contribution in [2.45, 2.75) is 69.9 Å². The van der Waals surface area contributed by atoms with Gasteiger partial charge in [0.15, 0.2) is 6.29 Å². The van der Waals surface area contributed by atoms with Gasteiger partial charge in [0, 0.05) is 23.6 Å². The second-order valence-corrected chi connectivity index (χ2v) is 11.6. The largest absolute Gasteiger partial charge is 0.429 e. The Kier molecular flexibility index (Phi) is 12.8. The fourth-order valence-electron chi connectivity index (χ4n) is 5.25. The Bertz CT molecular complexity index is 1500. The van der Waals surface area contributed by atoms with Crippen LogP contribution in [0.15, 0.2) is 73.3 Å². The van der Waals surface area contributed by atoms with Crippen molar-refractivity contribution in [3.8, 4) is 5.75 Å². The van der Waals surface area contributed by atoms with Crippen LogP contribution >= 0.6 is 0 Å². The van der Waals surface area contributed by atoms with Crippen LogP contribution in [0, 0.1) is 29.2 Å². The summed E-state index contributed by atoms with van der Waals surface area (Å²) < 4.78 is 141. The number of halogens is 9. The van der Waals surface area contributed by atoms with E-state index < -0.39 is 58.0 Å². The zero-order valence-corrected chi connectivity index (χ0v) is 25.9. The molecule has 3 nitrogen and oxygen atoms in total. The van der Waals surface area contributed by atoms with E-state index >= 15 is 0 Å². The molecule has 3 aromatic rings. The Morgan fingerprint density at radius 2 is 1.35 bits per heavy atom. The van der Waals surface area contributed by atoms with Crippen molar-refractivity contribution in [2.75, 3.05) is 13.2 Å². The number of rotatable bonds is 15. The van der Waals surface area contributed by atoms with Crippen LogP contribution in [0.1, 0.15) is 59.9 Å². The van der Waals surface area contributed by atoms with Crippen molar-refractivity contribution in [3.05, 3.63) is 124 Å². The van der Waals surface area contributed by atoms with Gasteiger partial charge in [-0.3, -0.25) is 0 Å². The third-order valence-electron chi connectivity index (χ3n) is 7.85. The van der Waals surface area contributed by atoms with Gasteiger partial charge in [0.05, 0.1) is 18.8 Å². The molecular formula is C36H35F9O3. The van der Waals surface area contributed by atoms with Crippen molar-refractivity contribution in [3.63, 3.8) is 0 Å². The topological polar surface area (TPSA) is 27.7 Å². The fourth-order valence-corrected chi connectivity index (χ4v) is 5.25. The van der Waals surface area contributed by atoms with E-state index in [1.807, 2.05) is 6.08 Å². The van der Waals surface area contributed by atoms with E-state index in [1.54, 1.807) is 0 Å². The van der Waals surface area contributed by atoms with Crippen molar-refractivity contribution < 1.29 is 53.7 Å². The Balaban J connectivity index is 1.25. The van der Waals surface area contributed by atoms with Crippen LogP contribution < -0.4 is 4.74 Å². The molecule has 3 aromatic carbocycles. The average molecular weight is 687 g/mol. The highest BCUT2D eigenvalue weighted by molar-refractivity contribution is 5.34. The van der Waals surface area contributed by atoms with E-state index in [0.717, 1.165) is 37.7 Å². The molecule has 1 fully saturated rings. The molecule has 0 amide bonds. The summed E-state index contributed by atoms with van der Waals surface area (Å²) in [5, 5.41) is 0. The first-order valence-electron chi connectivity index (χ1n) is 15.4. The van der Waals surface area contributed by atoms with Crippen LogP contribution in [0.3, 0.4) is 0 Å². The van der Waals surface area contributed by atoms with Gasteiger partial charge in [0.25, 0.3) is 0 Å². The highest BCUT2D eigenvalue weighted by atomic mass is 19.4. The Hall–Kier alpha value is -3.77. The Morgan fingerprint density at radius 3 is 1.94 bits per heavy atom.